The zero-order valence-corrected chi connectivity index (χ0v) is 17.5. The molecule has 2 heterocycles. The highest BCUT2D eigenvalue weighted by atomic mass is 35.5. The van der Waals surface area contributed by atoms with Crippen LogP contribution in [-0.4, -0.2) is 29.8 Å². The van der Waals surface area contributed by atoms with Crippen molar-refractivity contribution in [3.8, 4) is 17.2 Å². The number of rotatable bonds is 8. The van der Waals surface area contributed by atoms with Gasteiger partial charge in [-0.25, -0.2) is 4.98 Å². The molecule has 2 aromatic heterocycles. The van der Waals surface area contributed by atoms with Crippen molar-refractivity contribution in [2.75, 3.05) is 19.7 Å². The molecule has 1 unspecified atom stereocenters. The van der Waals surface area contributed by atoms with Crippen molar-refractivity contribution < 1.29 is 14.3 Å². The first kappa shape index (κ1) is 19.9. The zero-order valence-electron chi connectivity index (χ0n) is 15.9. The third kappa shape index (κ3) is 4.97. The number of aromatic nitrogens is 1. The summed E-state index contributed by atoms with van der Waals surface area (Å²) >= 11 is 7.56. The number of ether oxygens (including phenoxy) is 1. The van der Waals surface area contributed by atoms with E-state index in [0.29, 0.717) is 24.7 Å². The van der Waals surface area contributed by atoms with Crippen molar-refractivity contribution in [1.82, 2.24) is 10.3 Å². The second-order valence-corrected chi connectivity index (χ2v) is 8.18. The SMILES string of the molecule is Cc1nc(-c2cc3cc(OCCNCC(O)c4cccc(Cl)c4)ccc3o2)cs1. The van der Waals surface area contributed by atoms with Gasteiger partial charge in [-0.15, -0.1) is 11.3 Å². The summed E-state index contributed by atoms with van der Waals surface area (Å²) in [5.41, 5.74) is 2.46. The van der Waals surface area contributed by atoms with Crippen LogP contribution in [0.5, 0.6) is 5.75 Å². The number of thiazole rings is 1. The summed E-state index contributed by atoms with van der Waals surface area (Å²) in [6.45, 7) is 3.51. The van der Waals surface area contributed by atoms with Crippen LogP contribution < -0.4 is 10.1 Å². The highest BCUT2D eigenvalue weighted by Gasteiger charge is 2.10. The second kappa shape index (κ2) is 8.97. The number of hydrogen-bond donors (Lipinski definition) is 2. The van der Waals surface area contributed by atoms with Crippen LogP contribution in [0.25, 0.3) is 22.4 Å². The Labute approximate surface area is 177 Å². The summed E-state index contributed by atoms with van der Waals surface area (Å²) in [6, 6.07) is 15.0. The molecular formula is C22H21ClN2O3S. The van der Waals surface area contributed by atoms with E-state index < -0.39 is 6.10 Å². The van der Waals surface area contributed by atoms with Crippen LogP contribution >= 0.6 is 22.9 Å². The Balaban J connectivity index is 1.28. The van der Waals surface area contributed by atoms with Gasteiger partial charge in [-0.3, -0.25) is 0 Å². The van der Waals surface area contributed by atoms with Gasteiger partial charge in [-0.2, -0.15) is 0 Å². The van der Waals surface area contributed by atoms with Crippen LogP contribution in [0.4, 0.5) is 0 Å². The van der Waals surface area contributed by atoms with Gasteiger partial charge in [-0.1, -0.05) is 23.7 Å². The van der Waals surface area contributed by atoms with Crippen molar-refractivity contribution in [3.63, 3.8) is 0 Å². The van der Waals surface area contributed by atoms with Crippen LogP contribution in [0.1, 0.15) is 16.7 Å². The highest BCUT2D eigenvalue weighted by Crippen LogP contribution is 2.30. The monoisotopic (exact) mass is 428 g/mol. The van der Waals surface area contributed by atoms with Crippen molar-refractivity contribution >= 4 is 33.9 Å². The number of aryl methyl sites for hydroxylation is 1. The summed E-state index contributed by atoms with van der Waals surface area (Å²) in [5.74, 6) is 1.54. The molecule has 7 heteroatoms. The van der Waals surface area contributed by atoms with Crippen LogP contribution in [-0.2, 0) is 0 Å². The molecule has 150 valence electrons. The van der Waals surface area contributed by atoms with E-state index in [4.69, 9.17) is 20.8 Å². The van der Waals surface area contributed by atoms with Crippen molar-refractivity contribution in [2.24, 2.45) is 0 Å². The molecule has 4 aromatic rings. The highest BCUT2D eigenvalue weighted by molar-refractivity contribution is 7.09. The van der Waals surface area contributed by atoms with E-state index in [1.54, 1.807) is 23.5 Å². The van der Waals surface area contributed by atoms with E-state index in [9.17, 15) is 5.11 Å². The zero-order chi connectivity index (χ0) is 20.2. The van der Waals surface area contributed by atoms with Gasteiger partial charge in [0.2, 0.25) is 0 Å². The number of fused-ring (bicyclic) bond motifs is 1. The number of aliphatic hydroxyl groups excluding tert-OH is 1. The average molecular weight is 429 g/mol. The van der Waals surface area contributed by atoms with E-state index >= 15 is 0 Å². The van der Waals surface area contributed by atoms with E-state index in [1.807, 2.05) is 48.7 Å². The Hall–Kier alpha value is -2.38. The number of nitrogens with one attached hydrogen (secondary N) is 1. The normalized spacial score (nSPS) is 12.4. The molecule has 2 N–H and O–H groups in total. The first-order chi connectivity index (χ1) is 14.1. The lowest BCUT2D eigenvalue weighted by Crippen LogP contribution is -2.26. The largest absolute Gasteiger partial charge is 0.492 e. The molecule has 4 rings (SSSR count). The Morgan fingerprint density at radius 1 is 1.24 bits per heavy atom. The smallest absolute Gasteiger partial charge is 0.154 e. The van der Waals surface area contributed by atoms with Gasteiger partial charge < -0.3 is 19.6 Å². The number of nitrogens with zero attached hydrogens (tertiary/aromatic N) is 1. The first-order valence-electron chi connectivity index (χ1n) is 9.31. The van der Waals surface area contributed by atoms with Gasteiger partial charge in [-0.05, 0) is 48.9 Å². The molecule has 5 nitrogen and oxygen atoms in total. The predicted molar refractivity (Wildman–Crippen MR) is 117 cm³/mol. The van der Waals surface area contributed by atoms with Gasteiger partial charge >= 0.3 is 0 Å². The molecule has 29 heavy (non-hydrogen) atoms. The Morgan fingerprint density at radius 2 is 2.14 bits per heavy atom. The summed E-state index contributed by atoms with van der Waals surface area (Å²) in [4.78, 5) is 4.47. The Morgan fingerprint density at radius 3 is 2.93 bits per heavy atom. The molecule has 0 amide bonds. The summed E-state index contributed by atoms with van der Waals surface area (Å²) in [6.07, 6.45) is -0.608. The average Bonchev–Trinajstić information content (AvgIpc) is 3.33. The predicted octanol–water partition coefficient (Wildman–Crippen LogP) is 5.22. The van der Waals surface area contributed by atoms with Crippen molar-refractivity contribution in [2.45, 2.75) is 13.0 Å². The molecule has 0 aliphatic heterocycles. The summed E-state index contributed by atoms with van der Waals surface area (Å²) < 4.78 is 11.7. The molecule has 0 saturated carbocycles. The Bertz CT molecular complexity index is 1110. The van der Waals surface area contributed by atoms with Gasteiger partial charge in [0.1, 0.15) is 23.6 Å². The molecule has 0 spiro atoms. The van der Waals surface area contributed by atoms with Gasteiger partial charge in [0, 0.05) is 28.9 Å². The maximum atomic E-state index is 10.2. The van der Waals surface area contributed by atoms with Gasteiger partial charge in [0.05, 0.1) is 11.1 Å². The van der Waals surface area contributed by atoms with E-state index in [2.05, 4.69) is 10.3 Å². The third-order valence-electron chi connectivity index (χ3n) is 4.48. The maximum Gasteiger partial charge on any atom is 0.154 e. The number of furan rings is 1. The number of aliphatic hydroxyl groups is 1. The maximum absolute atomic E-state index is 10.2. The minimum absolute atomic E-state index is 0.431. The third-order valence-corrected chi connectivity index (χ3v) is 5.49. The van der Waals surface area contributed by atoms with E-state index in [-0.39, 0.29) is 0 Å². The number of benzene rings is 2. The Kier molecular flexibility index (Phi) is 6.16. The van der Waals surface area contributed by atoms with Gasteiger partial charge in [0.15, 0.2) is 5.76 Å². The molecule has 0 bridgehead atoms. The topological polar surface area (TPSA) is 67.5 Å². The molecule has 2 aromatic carbocycles. The quantitative estimate of drug-likeness (QED) is 0.376. The van der Waals surface area contributed by atoms with Crippen LogP contribution in [0.3, 0.4) is 0 Å². The fourth-order valence-electron chi connectivity index (χ4n) is 3.03. The van der Waals surface area contributed by atoms with Crippen LogP contribution in [0, 0.1) is 6.92 Å². The molecule has 0 aliphatic carbocycles. The van der Waals surface area contributed by atoms with Crippen molar-refractivity contribution in [3.05, 3.63) is 69.5 Å². The second-order valence-electron chi connectivity index (χ2n) is 6.69. The fraction of sp³-hybridized carbons (Fsp3) is 0.227. The fourth-order valence-corrected chi connectivity index (χ4v) is 3.83. The molecule has 1 atom stereocenters. The van der Waals surface area contributed by atoms with Crippen LogP contribution in [0.15, 0.2) is 58.3 Å². The summed E-state index contributed by atoms with van der Waals surface area (Å²) in [5, 5.41) is 18.0. The minimum atomic E-state index is -0.608. The minimum Gasteiger partial charge on any atom is -0.492 e. The standard InChI is InChI=1S/C22H21ClN2O3S/c1-14-25-19(13-29-14)22-11-16-10-18(5-6-21(16)28-22)27-8-7-24-12-20(26)15-3-2-4-17(23)9-15/h2-6,9-11,13,20,24,26H,7-8,12H2,1H3. The van der Waals surface area contributed by atoms with E-state index in [0.717, 1.165) is 38.7 Å². The lowest BCUT2D eigenvalue weighted by molar-refractivity contribution is 0.172. The number of hydrogen-bond acceptors (Lipinski definition) is 6. The van der Waals surface area contributed by atoms with E-state index in [1.165, 1.54) is 0 Å². The number of halogens is 1. The van der Waals surface area contributed by atoms with Crippen molar-refractivity contribution in [1.29, 1.82) is 0 Å². The molecule has 0 radical (unpaired) electrons. The summed E-state index contributed by atoms with van der Waals surface area (Å²) in [7, 11) is 0. The molecule has 0 aliphatic rings. The molecule has 0 saturated heterocycles. The van der Waals surface area contributed by atoms with Gasteiger partial charge in [0.25, 0.3) is 0 Å². The lowest BCUT2D eigenvalue weighted by Gasteiger charge is -2.13. The molecular weight excluding hydrogens is 408 g/mol. The first-order valence-corrected chi connectivity index (χ1v) is 10.6. The lowest BCUT2D eigenvalue weighted by atomic mass is 10.1. The van der Waals surface area contributed by atoms with Crippen LogP contribution in [0.2, 0.25) is 5.02 Å². The molecule has 0 fully saturated rings.